The summed E-state index contributed by atoms with van der Waals surface area (Å²) in [6, 6.07) is 8.25. The summed E-state index contributed by atoms with van der Waals surface area (Å²) in [7, 11) is 1.70. The van der Waals surface area contributed by atoms with E-state index in [4.69, 9.17) is 10.5 Å². The fourth-order valence-electron chi connectivity index (χ4n) is 2.45. The van der Waals surface area contributed by atoms with Crippen LogP contribution in [0.15, 0.2) is 36.7 Å². The zero-order chi connectivity index (χ0) is 16.2. The first-order chi connectivity index (χ1) is 11.2. The Morgan fingerprint density at radius 1 is 1.35 bits per heavy atom. The molecule has 0 saturated carbocycles. The number of nitrogen functional groups attached to an aromatic ring is 1. The molecule has 0 aliphatic heterocycles. The Morgan fingerprint density at radius 2 is 2.22 bits per heavy atom. The van der Waals surface area contributed by atoms with Crippen LogP contribution in [0.1, 0.15) is 12.0 Å². The molecular weight excluding hydrogens is 292 g/mol. The van der Waals surface area contributed by atoms with Crippen LogP contribution in [-0.4, -0.2) is 39.8 Å². The van der Waals surface area contributed by atoms with Crippen molar-refractivity contribution in [2.45, 2.75) is 13.3 Å². The van der Waals surface area contributed by atoms with Gasteiger partial charge >= 0.3 is 0 Å². The minimum atomic E-state index is 0.368. The number of rotatable bonds is 6. The van der Waals surface area contributed by atoms with Crippen LogP contribution < -0.4 is 10.6 Å². The van der Waals surface area contributed by atoms with Gasteiger partial charge in [0.2, 0.25) is 5.95 Å². The Bertz CT molecular complexity index is 800. The van der Waals surface area contributed by atoms with Crippen molar-refractivity contribution >= 4 is 23.1 Å². The lowest BCUT2D eigenvalue weighted by atomic mass is 10.2. The third kappa shape index (κ3) is 3.24. The smallest absolute Gasteiger partial charge is 0.250 e. The van der Waals surface area contributed by atoms with Gasteiger partial charge in [-0.3, -0.25) is 0 Å². The average molecular weight is 312 g/mol. The molecule has 0 radical (unpaired) electrons. The molecule has 23 heavy (non-hydrogen) atoms. The highest BCUT2D eigenvalue weighted by Crippen LogP contribution is 2.24. The summed E-state index contributed by atoms with van der Waals surface area (Å²) >= 11 is 0. The molecule has 2 N–H and O–H groups in total. The van der Waals surface area contributed by atoms with Gasteiger partial charge in [0.15, 0.2) is 11.5 Å². The molecule has 1 aromatic carbocycles. The summed E-state index contributed by atoms with van der Waals surface area (Å²) in [5.74, 6) is 0.971. The molecule has 0 fully saturated rings. The summed E-state index contributed by atoms with van der Waals surface area (Å²) in [5, 5.41) is 4.53. The molecule has 3 aromatic rings. The van der Waals surface area contributed by atoms with Crippen molar-refractivity contribution in [3.05, 3.63) is 42.2 Å². The molecule has 0 aliphatic carbocycles. The molecule has 2 aromatic heterocycles. The number of fused-ring (bicyclic) bond motifs is 1. The lowest BCUT2D eigenvalue weighted by Crippen LogP contribution is -2.21. The predicted molar refractivity (Wildman–Crippen MR) is 89.9 cm³/mol. The maximum absolute atomic E-state index is 5.88. The van der Waals surface area contributed by atoms with E-state index in [-0.39, 0.29) is 0 Å². The Kier molecular flexibility index (Phi) is 4.38. The summed E-state index contributed by atoms with van der Waals surface area (Å²) in [6.07, 6.45) is 4.22. The Labute approximate surface area is 134 Å². The fourth-order valence-corrected chi connectivity index (χ4v) is 2.45. The molecule has 3 rings (SSSR count). The molecular formula is C16H20N6O. The molecule has 0 amide bonds. The average Bonchev–Trinajstić information content (AvgIpc) is 2.97. The Morgan fingerprint density at radius 3 is 2.96 bits per heavy atom. The van der Waals surface area contributed by atoms with Gasteiger partial charge in [0, 0.05) is 38.3 Å². The zero-order valence-corrected chi connectivity index (χ0v) is 13.3. The molecule has 0 atom stereocenters. The molecule has 7 nitrogen and oxygen atoms in total. The van der Waals surface area contributed by atoms with Gasteiger partial charge in [-0.25, -0.2) is 9.50 Å². The third-order valence-corrected chi connectivity index (χ3v) is 3.56. The predicted octanol–water partition coefficient (Wildman–Crippen LogP) is 2.19. The zero-order valence-electron chi connectivity index (χ0n) is 13.3. The normalized spacial score (nSPS) is 11.0. The van der Waals surface area contributed by atoms with Crippen LogP contribution in [0.3, 0.4) is 0 Å². The minimum Gasteiger partial charge on any atom is -0.385 e. The van der Waals surface area contributed by atoms with Crippen LogP contribution in [0.5, 0.6) is 0 Å². The van der Waals surface area contributed by atoms with Crippen LogP contribution in [-0.2, 0) is 4.74 Å². The van der Waals surface area contributed by atoms with Crippen molar-refractivity contribution < 1.29 is 4.74 Å². The maximum atomic E-state index is 5.88. The first-order valence-corrected chi connectivity index (χ1v) is 7.49. The standard InChI is InChI=1S/C16H20N6O/c1-12-5-3-6-13(11-12)21(8-4-10-23-2)16-19-15-14(17)18-7-9-22(15)20-16/h3,5-7,9,11H,4,8,10H2,1-2H3,(H2,17,18). The first kappa shape index (κ1) is 15.2. The van der Waals surface area contributed by atoms with E-state index in [0.717, 1.165) is 18.7 Å². The van der Waals surface area contributed by atoms with E-state index >= 15 is 0 Å². The number of nitrogens with two attached hydrogens (primary N) is 1. The number of hydrogen-bond acceptors (Lipinski definition) is 6. The first-order valence-electron chi connectivity index (χ1n) is 7.49. The van der Waals surface area contributed by atoms with E-state index in [1.807, 2.05) is 12.1 Å². The molecule has 0 unspecified atom stereocenters. The lowest BCUT2D eigenvalue weighted by Gasteiger charge is -2.21. The van der Waals surface area contributed by atoms with Crippen molar-refractivity contribution in [2.24, 2.45) is 0 Å². The number of hydrogen-bond donors (Lipinski definition) is 1. The number of aryl methyl sites for hydroxylation is 1. The van der Waals surface area contributed by atoms with Crippen LogP contribution in [0.25, 0.3) is 5.65 Å². The second kappa shape index (κ2) is 6.62. The fraction of sp³-hybridized carbons (Fsp3) is 0.312. The number of nitrogens with zero attached hydrogens (tertiary/aromatic N) is 5. The van der Waals surface area contributed by atoms with Gasteiger partial charge in [0.25, 0.3) is 0 Å². The van der Waals surface area contributed by atoms with Crippen molar-refractivity contribution in [1.82, 2.24) is 19.6 Å². The van der Waals surface area contributed by atoms with Gasteiger partial charge in [0.05, 0.1) is 0 Å². The number of aromatic nitrogens is 4. The maximum Gasteiger partial charge on any atom is 0.250 e. The summed E-state index contributed by atoms with van der Waals surface area (Å²) in [6.45, 7) is 3.50. The second-order valence-electron chi connectivity index (χ2n) is 5.33. The van der Waals surface area contributed by atoms with Gasteiger partial charge in [-0.1, -0.05) is 12.1 Å². The van der Waals surface area contributed by atoms with Crippen molar-refractivity contribution in [2.75, 3.05) is 30.9 Å². The van der Waals surface area contributed by atoms with E-state index in [1.54, 1.807) is 24.0 Å². The Hall–Kier alpha value is -2.67. The van der Waals surface area contributed by atoms with Gasteiger partial charge in [-0.2, -0.15) is 4.98 Å². The number of anilines is 3. The van der Waals surface area contributed by atoms with Gasteiger partial charge < -0.3 is 15.4 Å². The SMILES string of the molecule is COCCCN(c1cccc(C)c1)c1nc2c(N)nccn2n1. The van der Waals surface area contributed by atoms with E-state index in [2.05, 4.69) is 39.0 Å². The Balaban J connectivity index is 2.00. The van der Waals surface area contributed by atoms with Gasteiger partial charge in [-0.15, -0.1) is 5.10 Å². The number of benzene rings is 1. The number of methoxy groups -OCH3 is 1. The molecule has 120 valence electrons. The highest BCUT2D eigenvalue weighted by molar-refractivity contribution is 5.65. The highest BCUT2D eigenvalue weighted by atomic mass is 16.5. The second-order valence-corrected chi connectivity index (χ2v) is 5.33. The van der Waals surface area contributed by atoms with Crippen molar-refractivity contribution in [3.63, 3.8) is 0 Å². The van der Waals surface area contributed by atoms with Gasteiger partial charge in [0.1, 0.15) is 0 Å². The quantitative estimate of drug-likeness (QED) is 0.703. The molecule has 7 heteroatoms. The largest absolute Gasteiger partial charge is 0.385 e. The molecule has 0 saturated heterocycles. The van der Waals surface area contributed by atoms with E-state index in [9.17, 15) is 0 Å². The van der Waals surface area contributed by atoms with E-state index in [1.165, 1.54) is 5.56 Å². The summed E-state index contributed by atoms with van der Waals surface area (Å²) < 4.78 is 6.81. The topological polar surface area (TPSA) is 81.6 Å². The van der Waals surface area contributed by atoms with Crippen molar-refractivity contribution in [1.29, 1.82) is 0 Å². The van der Waals surface area contributed by atoms with Crippen LogP contribution in [0.4, 0.5) is 17.5 Å². The summed E-state index contributed by atoms with van der Waals surface area (Å²) in [4.78, 5) is 10.7. The summed E-state index contributed by atoms with van der Waals surface area (Å²) in [5.41, 5.74) is 8.67. The molecule has 0 bridgehead atoms. The monoisotopic (exact) mass is 312 g/mol. The molecule has 0 spiro atoms. The van der Waals surface area contributed by atoms with Crippen LogP contribution >= 0.6 is 0 Å². The molecule has 0 aliphatic rings. The third-order valence-electron chi connectivity index (χ3n) is 3.56. The van der Waals surface area contributed by atoms with Gasteiger partial charge in [-0.05, 0) is 31.0 Å². The highest BCUT2D eigenvalue weighted by Gasteiger charge is 2.16. The number of ether oxygens (including phenoxy) is 1. The lowest BCUT2D eigenvalue weighted by molar-refractivity contribution is 0.196. The van der Waals surface area contributed by atoms with E-state index in [0.29, 0.717) is 24.0 Å². The van der Waals surface area contributed by atoms with E-state index < -0.39 is 0 Å². The van der Waals surface area contributed by atoms with Crippen LogP contribution in [0, 0.1) is 6.92 Å². The van der Waals surface area contributed by atoms with Crippen LogP contribution in [0.2, 0.25) is 0 Å². The molecule has 2 heterocycles. The minimum absolute atomic E-state index is 0.368. The van der Waals surface area contributed by atoms with Crippen molar-refractivity contribution in [3.8, 4) is 0 Å².